The summed E-state index contributed by atoms with van der Waals surface area (Å²) in [7, 11) is 0. The molecule has 0 aromatic carbocycles. The van der Waals surface area contributed by atoms with Gasteiger partial charge in [0.05, 0.1) is 0 Å². The van der Waals surface area contributed by atoms with Crippen LogP contribution in [0, 0.1) is 11.8 Å². The summed E-state index contributed by atoms with van der Waals surface area (Å²) in [6.45, 7) is 6.97. The highest BCUT2D eigenvalue weighted by Gasteiger charge is 2.26. The van der Waals surface area contributed by atoms with Gasteiger partial charge in [0.15, 0.2) is 0 Å². The van der Waals surface area contributed by atoms with E-state index >= 15 is 0 Å². The molecule has 0 aromatic heterocycles. The van der Waals surface area contributed by atoms with Gasteiger partial charge in [-0.2, -0.15) is 0 Å². The third-order valence-electron chi connectivity index (χ3n) is 5.20. The second-order valence-corrected chi connectivity index (χ2v) is 10.4. The van der Waals surface area contributed by atoms with Crippen LogP contribution in [0.4, 0.5) is 0 Å². The fourth-order valence-electron chi connectivity index (χ4n) is 3.72. The van der Waals surface area contributed by atoms with Crippen LogP contribution in [0.25, 0.3) is 0 Å². The zero-order valence-electron chi connectivity index (χ0n) is 12.5. The van der Waals surface area contributed by atoms with Crippen molar-refractivity contribution in [3.63, 3.8) is 0 Å². The predicted octanol–water partition coefficient (Wildman–Crippen LogP) is 5.91. The van der Waals surface area contributed by atoms with Gasteiger partial charge in [-0.25, -0.2) is 0 Å². The molecule has 2 fully saturated rings. The van der Waals surface area contributed by atoms with Crippen molar-refractivity contribution in [3.05, 3.63) is 0 Å². The Balaban J connectivity index is 0.000000185. The van der Waals surface area contributed by atoms with Crippen molar-refractivity contribution in [3.8, 4) is 0 Å². The minimum atomic E-state index is -0.171. The molecule has 2 rings (SSSR count). The van der Waals surface area contributed by atoms with E-state index in [2.05, 4.69) is 20.8 Å². The molecule has 2 aliphatic rings. The van der Waals surface area contributed by atoms with E-state index in [-0.39, 0.29) is 14.1 Å². The first-order valence-corrected chi connectivity index (χ1v) is 10.8. The average Bonchev–Trinajstić information content (AvgIpc) is 2.42. The van der Waals surface area contributed by atoms with E-state index in [0.29, 0.717) is 0 Å². The van der Waals surface area contributed by atoms with E-state index in [1.54, 1.807) is 25.7 Å². The Labute approximate surface area is 114 Å². The van der Waals surface area contributed by atoms with Crippen LogP contribution < -0.4 is 0 Å². The van der Waals surface area contributed by atoms with Crippen LogP contribution in [-0.4, -0.2) is 14.1 Å². The Hall–Kier alpha value is 0.532. The second-order valence-electron chi connectivity index (χ2n) is 6.18. The SMILES string of the molecule is C1CCC2CCCCC2C1.C[CH2][Al]([CH2]C)[CH2]C. The average molecular weight is 252 g/mol. The summed E-state index contributed by atoms with van der Waals surface area (Å²) < 4.78 is 0. The Morgan fingerprint density at radius 1 is 0.647 bits per heavy atom. The predicted molar refractivity (Wildman–Crippen MR) is 81.1 cm³/mol. The zero-order chi connectivity index (χ0) is 12.5. The van der Waals surface area contributed by atoms with Gasteiger partial charge in [0.25, 0.3) is 14.1 Å². The van der Waals surface area contributed by atoms with Crippen LogP contribution in [0.15, 0.2) is 0 Å². The van der Waals surface area contributed by atoms with Gasteiger partial charge >= 0.3 is 0 Å². The Morgan fingerprint density at radius 3 is 1.12 bits per heavy atom. The molecule has 17 heavy (non-hydrogen) atoms. The van der Waals surface area contributed by atoms with Gasteiger partial charge in [-0.1, -0.05) is 88.0 Å². The summed E-state index contributed by atoms with van der Waals surface area (Å²) in [6.07, 6.45) is 12.4. The van der Waals surface area contributed by atoms with Gasteiger partial charge in [-0.3, -0.25) is 0 Å². The van der Waals surface area contributed by atoms with Crippen LogP contribution >= 0.6 is 0 Å². The van der Waals surface area contributed by atoms with Crippen LogP contribution in [0.2, 0.25) is 15.8 Å². The van der Waals surface area contributed by atoms with Crippen molar-refractivity contribution in [1.82, 2.24) is 0 Å². The minimum Gasteiger partial charge on any atom is -0.0967 e. The largest absolute Gasteiger partial charge is 0.261 e. The lowest BCUT2D eigenvalue weighted by molar-refractivity contribution is 0.171. The first kappa shape index (κ1) is 15.6. The number of hydrogen-bond donors (Lipinski definition) is 0. The molecule has 0 unspecified atom stereocenters. The standard InChI is InChI=1S/C10H18.3C2H5.Al/c1-2-6-10-8-4-3-7-9(10)5-1;3*1-2;/h9-10H,1-8H2;3*1H2,2H3;. The Kier molecular flexibility index (Phi) is 8.68. The molecule has 0 N–H and O–H groups in total. The fourth-order valence-corrected chi connectivity index (χ4v) is 5.46. The number of hydrogen-bond acceptors (Lipinski definition) is 0. The summed E-state index contributed by atoms with van der Waals surface area (Å²) >= 11 is -0.171. The van der Waals surface area contributed by atoms with Gasteiger partial charge in [0.1, 0.15) is 0 Å². The molecule has 0 saturated heterocycles. The summed E-state index contributed by atoms with van der Waals surface area (Å²) in [6, 6.07) is 0. The van der Waals surface area contributed by atoms with Crippen molar-refractivity contribution < 1.29 is 0 Å². The molecule has 0 bridgehead atoms. The topological polar surface area (TPSA) is 0 Å². The van der Waals surface area contributed by atoms with Crippen LogP contribution in [0.1, 0.15) is 72.1 Å². The smallest absolute Gasteiger partial charge is 0.0967 e. The van der Waals surface area contributed by atoms with Crippen LogP contribution in [0.5, 0.6) is 0 Å². The minimum absolute atomic E-state index is 0.171. The molecule has 0 spiro atoms. The molecule has 2 saturated carbocycles. The van der Waals surface area contributed by atoms with Gasteiger partial charge < -0.3 is 0 Å². The third kappa shape index (κ3) is 5.80. The number of rotatable bonds is 3. The van der Waals surface area contributed by atoms with E-state index in [1.807, 2.05) is 0 Å². The van der Waals surface area contributed by atoms with E-state index in [1.165, 1.54) is 41.5 Å². The van der Waals surface area contributed by atoms with Crippen LogP contribution in [0.3, 0.4) is 0 Å². The highest BCUT2D eigenvalue weighted by molar-refractivity contribution is 6.58. The van der Waals surface area contributed by atoms with Crippen molar-refractivity contribution in [1.29, 1.82) is 0 Å². The second kappa shape index (κ2) is 9.46. The van der Waals surface area contributed by atoms with Crippen molar-refractivity contribution >= 4 is 14.1 Å². The third-order valence-corrected chi connectivity index (χ3v) is 8.66. The molecule has 1 heteroatoms. The maximum absolute atomic E-state index is 2.32. The quantitative estimate of drug-likeness (QED) is 0.548. The molecule has 0 radical (unpaired) electrons. The van der Waals surface area contributed by atoms with E-state index in [4.69, 9.17) is 0 Å². The molecule has 2 aliphatic carbocycles. The van der Waals surface area contributed by atoms with Crippen LogP contribution in [-0.2, 0) is 0 Å². The summed E-state index contributed by atoms with van der Waals surface area (Å²) in [5, 5.41) is 4.48. The molecule has 0 amide bonds. The lowest BCUT2D eigenvalue weighted by Crippen LogP contribution is -2.22. The number of fused-ring (bicyclic) bond motifs is 1. The molecule has 100 valence electrons. The first-order chi connectivity index (χ1) is 8.31. The normalized spacial score (nSPS) is 27.7. The molecular weight excluding hydrogens is 219 g/mol. The Morgan fingerprint density at radius 2 is 0.941 bits per heavy atom. The van der Waals surface area contributed by atoms with Crippen molar-refractivity contribution in [2.45, 2.75) is 88.0 Å². The van der Waals surface area contributed by atoms with Gasteiger partial charge in [0, 0.05) is 0 Å². The van der Waals surface area contributed by atoms with E-state index in [9.17, 15) is 0 Å². The summed E-state index contributed by atoms with van der Waals surface area (Å²) in [5.74, 6) is 2.31. The fraction of sp³-hybridized carbons (Fsp3) is 1.00. The van der Waals surface area contributed by atoms with E-state index < -0.39 is 0 Å². The highest BCUT2D eigenvalue weighted by Crippen LogP contribution is 2.39. The summed E-state index contributed by atoms with van der Waals surface area (Å²) in [4.78, 5) is 0. The lowest BCUT2D eigenvalue weighted by Gasteiger charge is -2.35. The molecular formula is C16H33Al. The maximum atomic E-state index is 2.32. The zero-order valence-corrected chi connectivity index (χ0v) is 13.7. The van der Waals surface area contributed by atoms with Crippen molar-refractivity contribution in [2.24, 2.45) is 11.8 Å². The van der Waals surface area contributed by atoms with Gasteiger partial charge in [-0.15, -0.1) is 0 Å². The molecule has 0 aliphatic heterocycles. The monoisotopic (exact) mass is 252 g/mol. The Bertz CT molecular complexity index is 143. The first-order valence-electron chi connectivity index (χ1n) is 8.31. The molecule has 0 heterocycles. The molecule has 0 nitrogen and oxygen atoms in total. The highest BCUT2D eigenvalue weighted by atomic mass is 27.2. The van der Waals surface area contributed by atoms with Crippen molar-refractivity contribution in [2.75, 3.05) is 0 Å². The maximum Gasteiger partial charge on any atom is 0.261 e. The van der Waals surface area contributed by atoms with Gasteiger partial charge in [-0.05, 0) is 11.8 Å². The summed E-state index contributed by atoms with van der Waals surface area (Å²) in [5.41, 5.74) is 0. The van der Waals surface area contributed by atoms with E-state index in [0.717, 1.165) is 11.8 Å². The molecule has 0 aromatic rings. The van der Waals surface area contributed by atoms with Gasteiger partial charge in [0.2, 0.25) is 0 Å². The molecule has 0 atom stereocenters. The lowest BCUT2D eigenvalue weighted by atomic mass is 9.71.